The Kier molecular flexibility index (Phi) is 4.92. The molecule has 112 valence electrons. The lowest BCUT2D eigenvalue weighted by molar-refractivity contribution is -0.117. The number of hydrogen-bond acceptors (Lipinski definition) is 4. The molecule has 1 amide bonds. The standard InChI is InChI=1S/C15H21N5O/c1-11(6-5-9-12-7-3-2-4-8-12)20-15(17)13(18-19-20)10-14(16)21/h2-4,7-8,11H,5-6,9-10,17H2,1H3,(H2,16,21). The molecule has 0 bridgehead atoms. The van der Waals surface area contributed by atoms with Gasteiger partial charge in [-0.3, -0.25) is 4.79 Å². The normalized spacial score (nSPS) is 12.2. The molecule has 6 heteroatoms. The van der Waals surface area contributed by atoms with Crippen molar-refractivity contribution in [3.63, 3.8) is 0 Å². The first kappa shape index (κ1) is 15.0. The van der Waals surface area contributed by atoms with E-state index in [1.54, 1.807) is 4.68 Å². The highest BCUT2D eigenvalue weighted by Crippen LogP contribution is 2.19. The van der Waals surface area contributed by atoms with Gasteiger partial charge in [0.2, 0.25) is 5.91 Å². The second-order valence-corrected chi connectivity index (χ2v) is 5.24. The first-order valence-corrected chi connectivity index (χ1v) is 7.09. The summed E-state index contributed by atoms with van der Waals surface area (Å²) in [7, 11) is 0. The predicted molar refractivity (Wildman–Crippen MR) is 81.4 cm³/mol. The van der Waals surface area contributed by atoms with Crippen LogP contribution < -0.4 is 11.5 Å². The molecule has 4 N–H and O–H groups in total. The highest BCUT2D eigenvalue weighted by Gasteiger charge is 2.15. The molecular weight excluding hydrogens is 266 g/mol. The molecule has 21 heavy (non-hydrogen) atoms. The molecule has 0 aliphatic rings. The van der Waals surface area contributed by atoms with Gasteiger partial charge in [0.15, 0.2) is 0 Å². The van der Waals surface area contributed by atoms with E-state index in [2.05, 4.69) is 22.4 Å². The van der Waals surface area contributed by atoms with Crippen LogP contribution in [0.5, 0.6) is 0 Å². The van der Waals surface area contributed by atoms with E-state index in [9.17, 15) is 4.79 Å². The van der Waals surface area contributed by atoms with Gasteiger partial charge < -0.3 is 11.5 Å². The summed E-state index contributed by atoms with van der Waals surface area (Å²) in [6.07, 6.45) is 3.03. The quantitative estimate of drug-likeness (QED) is 0.805. The van der Waals surface area contributed by atoms with Gasteiger partial charge in [-0.05, 0) is 31.7 Å². The number of carbonyl (C=O) groups is 1. The molecule has 1 heterocycles. The lowest BCUT2D eigenvalue weighted by atomic mass is 10.1. The molecular formula is C15H21N5O. The van der Waals surface area contributed by atoms with Crippen molar-refractivity contribution in [3.05, 3.63) is 41.6 Å². The average Bonchev–Trinajstić information content (AvgIpc) is 2.81. The summed E-state index contributed by atoms with van der Waals surface area (Å²) in [6, 6.07) is 10.5. The molecule has 1 atom stereocenters. The Labute approximate surface area is 124 Å². The van der Waals surface area contributed by atoms with Crippen LogP contribution in [0.3, 0.4) is 0 Å². The van der Waals surface area contributed by atoms with Gasteiger partial charge in [0.25, 0.3) is 0 Å². The number of nitrogens with two attached hydrogens (primary N) is 2. The first-order valence-electron chi connectivity index (χ1n) is 7.09. The van der Waals surface area contributed by atoms with Gasteiger partial charge in [0.05, 0.1) is 12.5 Å². The van der Waals surface area contributed by atoms with Gasteiger partial charge in [-0.25, -0.2) is 4.68 Å². The maximum Gasteiger partial charge on any atom is 0.223 e. The van der Waals surface area contributed by atoms with Crippen molar-refractivity contribution in [3.8, 4) is 0 Å². The highest BCUT2D eigenvalue weighted by atomic mass is 16.1. The van der Waals surface area contributed by atoms with Crippen molar-refractivity contribution in [2.24, 2.45) is 5.73 Å². The number of aromatic nitrogens is 3. The molecule has 2 rings (SSSR count). The molecule has 0 saturated carbocycles. The van der Waals surface area contributed by atoms with E-state index in [0.29, 0.717) is 11.5 Å². The lowest BCUT2D eigenvalue weighted by Gasteiger charge is -2.13. The van der Waals surface area contributed by atoms with E-state index in [-0.39, 0.29) is 12.5 Å². The second-order valence-electron chi connectivity index (χ2n) is 5.24. The minimum atomic E-state index is -0.453. The summed E-state index contributed by atoms with van der Waals surface area (Å²) in [5.41, 5.74) is 12.9. The van der Waals surface area contributed by atoms with E-state index in [1.807, 2.05) is 25.1 Å². The monoisotopic (exact) mass is 287 g/mol. The Hall–Kier alpha value is -2.37. The summed E-state index contributed by atoms with van der Waals surface area (Å²) in [5, 5.41) is 7.96. The minimum absolute atomic E-state index is 0.0303. The van der Waals surface area contributed by atoms with Crippen LogP contribution in [0, 0.1) is 0 Å². The topological polar surface area (TPSA) is 99.8 Å². The highest BCUT2D eigenvalue weighted by molar-refractivity contribution is 5.77. The van der Waals surface area contributed by atoms with Crippen LogP contribution >= 0.6 is 0 Å². The zero-order chi connectivity index (χ0) is 15.2. The van der Waals surface area contributed by atoms with Crippen molar-refractivity contribution in [2.45, 2.75) is 38.6 Å². The Morgan fingerprint density at radius 2 is 2.05 bits per heavy atom. The van der Waals surface area contributed by atoms with E-state index in [1.165, 1.54) is 5.56 Å². The number of primary amides is 1. The number of aryl methyl sites for hydroxylation is 1. The number of carbonyl (C=O) groups excluding carboxylic acids is 1. The van der Waals surface area contributed by atoms with E-state index < -0.39 is 5.91 Å². The molecule has 0 radical (unpaired) electrons. The molecule has 2 aromatic rings. The fraction of sp³-hybridized carbons (Fsp3) is 0.400. The third kappa shape index (κ3) is 4.05. The zero-order valence-electron chi connectivity index (χ0n) is 12.2. The molecule has 0 aliphatic heterocycles. The Balaban J connectivity index is 1.90. The second kappa shape index (κ2) is 6.88. The van der Waals surface area contributed by atoms with Crippen LogP contribution in [0.15, 0.2) is 30.3 Å². The minimum Gasteiger partial charge on any atom is -0.382 e. The smallest absolute Gasteiger partial charge is 0.223 e. The molecule has 1 unspecified atom stereocenters. The molecule has 0 fully saturated rings. The van der Waals surface area contributed by atoms with Gasteiger partial charge in [0, 0.05) is 0 Å². The maximum atomic E-state index is 10.9. The Bertz CT molecular complexity index is 593. The third-order valence-corrected chi connectivity index (χ3v) is 3.49. The van der Waals surface area contributed by atoms with Crippen LogP contribution in [-0.4, -0.2) is 20.9 Å². The fourth-order valence-corrected chi connectivity index (χ4v) is 2.32. The van der Waals surface area contributed by atoms with Gasteiger partial charge in [-0.1, -0.05) is 35.5 Å². The van der Waals surface area contributed by atoms with Gasteiger partial charge in [-0.2, -0.15) is 0 Å². The van der Waals surface area contributed by atoms with E-state index in [4.69, 9.17) is 11.5 Å². The number of benzene rings is 1. The summed E-state index contributed by atoms with van der Waals surface area (Å²) in [6.45, 7) is 2.05. The molecule has 0 saturated heterocycles. The summed E-state index contributed by atoms with van der Waals surface area (Å²) in [4.78, 5) is 10.9. The van der Waals surface area contributed by atoms with Gasteiger partial charge in [-0.15, -0.1) is 5.10 Å². The summed E-state index contributed by atoms with van der Waals surface area (Å²) >= 11 is 0. The SMILES string of the molecule is CC(CCCc1ccccc1)n1nnc(CC(N)=O)c1N. The molecule has 1 aromatic carbocycles. The molecule has 6 nitrogen and oxygen atoms in total. The number of anilines is 1. The number of amides is 1. The van der Waals surface area contributed by atoms with E-state index >= 15 is 0 Å². The number of hydrogen-bond donors (Lipinski definition) is 2. The van der Waals surface area contributed by atoms with Crippen LogP contribution in [-0.2, 0) is 17.6 Å². The zero-order valence-corrected chi connectivity index (χ0v) is 12.2. The van der Waals surface area contributed by atoms with Crippen molar-refractivity contribution in [2.75, 3.05) is 5.73 Å². The van der Waals surface area contributed by atoms with Gasteiger partial charge in [0.1, 0.15) is 11.5 Å². The average molecular weight is 287 g/mol. The van der Waals surface area contributed by atoms with Crippen LogP contribution in [0.1, 0.15) is 37.1 Å². The van der Waals surface area contributed by atoms with Crippen molar-refractivity contribution in [1.29, 1.82) is 0 Å². The van der Waals surface area contributed by atoms with Crippen LogP contribution in [0.2, 0.25) is 0 Å². The van der Waals surface area contributed by atoms with Crippen LogP contribution in [0.4, 0.5) is 5.82 Å². The van der Waals surface area contributed by atoms with Gasteiger partial charge >= 0.3 is 0 Å². The third-order valence-electron chi connectivity index (χ3n) is 3.49. The molecule has 0 aliphatic carbocycles. The number of nitrogens with zero attached hydrogens (tertiary/aromatic N) is 3. The maximum absolute atomic E-state index is 10.9. The summed E-state index contributed by atoms with van der Waals surface area (Å²) in [5.74, 6) is -0.0218. The fourth-order valence-electron chi connectivity index (χ4n) is 2.32. The number of rotatable bonds is 7. The van der Waals surface area contributed by atoms with Crippen molar-refractivity contribution >= 4 is 11.7 Å². The Morgan fingerprint density at radius 1 is 1.33 bits per heavy atom. The summed E-state index contributed by atoms with van der Waals surface area (Å²) < 4.78 is 1.67. The lowest BCUT2D eigenvalue weighted by Crippen LogP contribution is -2.16. The van der Waals surface area contributed by atoms with Crippen molar-refractivity contribution in [1.82, 2.24) is 15.0 Å². The van der Waals surface area contributed by atoms with E-state index in [0.717, 1.165) is 19.3 Å². The van der Waals surface area contributed by atoms with Crippen LogP contribution in [0.25, 0.3) is 0 Å². The molecule has 0 spiro atoms. The first-order chi connectivity index (χ1) is 10.1. The predicted octanol–water partition coefficient (Wildman–Crippen LogP) is 1.47. The Morgan fingerprint density at radius 3 is 2.71 bits per heavy atom. The molecule has 1 aromatic heterocycles. The number of nitrogen functional groups attached to an aromatic ring is 1. The largest absolute Gasteiger partial charge is 0.382 e. The van der Waals surface area contributed by atoms with Crippen molar-refractivity contribution < 1.29 is 4.79 Å².